The summed E-state index contributed by atoms with van der Waals surface area (Å²) in [6, 6.07) is 4.33. The third-order valence-corrected chi connectivity index (χ3v) is 3.90. The molecule has 0 spiro atoms. The molecule has 1 amide bonds. The largest absolute Gasteiger partial charge is 0.388 e. The third-order valence-electron chi connectivity index (χ3n) is 3.55. The number of nitrogens with one attached hydrogen (secondary N) is 1. The zero-order chi connectivity index (χ0) is 13.9. The summed E-state index contributed by atoms with van der Waals surface area (Å²) in [5, 5.41) is 13.0. The molecule has 0 bridgehead atoms. The van der Waals surface area contributed by atoms with Crippen molar-refractivity contribution in [1.82, 2.24) is 5.32 Å². The second-order valence-corrected chi connectivity index (χ2v) is 5.49. The summed E-state index contributed by atoms with van der Waals surface area (Å²) in [6.45, 7) is 0.220. The van der Waals surface area contributed by atoms with Gasteiger partial charge in [-0.25, -0.2) is 4.39 Å². The topological polar surface area (TPSA) is 49.3 Å². The van der Waals surface area contributed by atoms with Gasteiger partial charge in [0, 0.05) is 17.1 Å². The Morgan fingerprint density at radius 1 is 1.42 bits per heavy atom. The van der Waals surface area contributed by atoms with Crippen LogP contribution in [0.2, 0.25) is 5.02 Å². The Morgan fingerprint density at radius 2 is 2.11 bits per heavy atom. The van der Waals surface area contributed by atoms with E-state index in [2.05, 4.69) is 5.32 Å². The van der Waals surface area contributed by atoms with E-state index in [0.29, 0.717) is 12.8 Å². The molecule has 19 heavy (non-hydrogen) atoms. The number of carbonyl (C=O) groups is 1. The van der Waals surface area contributed by atoms with Crippen molar-refractivity contribution in [1.29, 1.82) is 0 Å². The average molecular weight is 286 g/mol. The van der Waals surface area contributed by atoms with E-state index in [1.165, 1.54) is 12.1 Å². The minimum absolute atomic E-state index is 0.110. The van der Waals surface area contributed by atoms with Crippen LogP contribution in [0, 0.1) is 5.82 Å². The highest BCUT2D eigenvalue weighted by Crippen LogP contribution is 2.28. The second-order valence-electron chi connectivity index (χ2n) is 5.09. The SMILES string of the molecule is O=C(Cc1c(F)cccc1Cl)NCC1(O)CCCC1. The first-order valence-corrected chi connectivity index (χ1v) is 6.80. The minimum atomic E-state index is -0.797. The van der Waals surface area contributed by atoms with Crippen LogP contribution >= 0.6 is 11.6 Å². The normalized spacial score (nSPS) is 17.4. The molecule has 2 rings (SSSR count). The van der Waals surface area contributed by atoms with Crippen LogP contribution in [0.5, 0.6) is 0 Å². The summed E-state index contributed by atoms with van der Waals surface area (Å²) in [5.41, 5.74) is -0.602. The lowest BCUT2D eigenvalue weighted by Gasteiger charge is -2.22. The fourth-order valence-corrected chi connectivity index (χ4v) is 2.63. The fourth-order valence-electron chi connectivity index (χ4n) is 2.40. The predicted octanol–water partition coefficient (Wildman–Crippen LogP) is 2.44. The van der Waals surface area contributed by atoms with Gasteiger partial charge in [0.2, 0.25) is 5.91 Å². The van der Waals surface area contributed by atoms with E-state index in [4.69, 9.17) is 11.6 Å². The summed E-state index contributed by atoms with van der Waals surface area (Å²) in [5.74, 6) is -0.811. The van der Waals surface area contributed by atoms with E-state index in [0.717, 1.165) is 12.8 Å². The number of carbonyl (C=O) groups excluding carboxylic acids is 1. The van der Waals surface area contributed by atoms with Crippen LogP contribution in [0.1, 0.15) is 31.2 Å². The maximum atomic E-state index is 13.5. The minimum Gasteiger partial charge on any atom is -0.388 e. The van der Waals surface area contributed by atoms with Crippen LogP contribution in [-0.4, -0.2) is 23.2 Å². The van der Waals surface area contributed by atoms with Crippen LogP contribution in [0.15, 0.2) is 18.2 Å². The number of halogens is 2. The Labute approximate surface area is 116 Å². The third kappa shape index (κ3) is 3.67. The van der Waals surface area contributed by atoms with Gasteiger partial charge < -0.3 is 10.4 Å². The predicted molar refractivity (Wildman–Crippen MR) is 71.5 cm³/mol. The van der Waals surface area contributed by atoms with Crippen LogP contribution in [0.4, 0.5) is 4.39 Å². The molecule has 0 radical (unpaired) electrons. The highest BCUT2D eigenvalue weighted by molar-refractivity contribution is 6.31. The number of benzene rings is 1. The molecule has 0 aromatic heterocycles. The maximum absolute atomic E-state index is 13.5. The van der Waals surface area contributed by atoms with E-state index in [1.54, 1.807) is 6.07 Å². The van der Waals surface area contributed by atoms with Gasteiger partial charge in [-0.05, 0) is 25.0 Å². The van der Waals surface area contributed by atoms with E-state index in [-0.39, 0.29) is 29.5 Å². The molecule has 1 saturated carbocycles. The molecule has 0 unspecified atom stereocenters. The standard InChI is InChI=1S/C14H17ClFNO2/c15-11-4-3-5-12(16)10(11)8-13(18)17-9-14(19)6-1-2-7-14/h3-5,19H,1-2,6-9H2,(H,17,18). The molecule has 0 atom stereocenters. The molecule has 2 N–H and O–H groups in total. The molecular formula is C14H17ClFNO2. The second kappa shape index (κ2) is 5.88. The summed E-state index contributed by atoms with van der Waals surface area (Å²) < 4.78 is 13.5. The highest BCUT2D eigenvalue weighted by atomic mass is 35.5. The van der Waals surface area contributed by atoms with E-state index in [1.807, 2.05) is 0 Å². The van der Waals surface area contributed by atoms with Gasteiger partial charge >= 0.3 is 0 Å². The molecule has 0 heterocycles. The Morgan fingerprint density at radius 3 is 2.74 bits per heavy atom. The number of rotatable bonds is 4. The van der Waals surface area contributed by atoms with Crippen molar-refractivity contribution >= 4 is 17.5 Å². The number of amides is 1. The lowest BCUT2D eigenvalue weighted by Crippen LogP contribution is -2.41. The molecule has 1 aromatic rings. The Hall–Kier alpha value is -1.13. The maximum Gasteiger partial charge on any atom is 0.224 e. The molecule has 1 aromatic carbocycles. The molecular weight excluding hydrogens is 269 g/mol. The molecule has 0 aliphatic heterocycles. The highest BCUT2D eigenvalue weighted by Gasteiger charge is 2.31. The van der Waals surface area contributed by atoms with Crippen molar-refractivity contribution in [3.8, 4) is 0 Å². The molecule has 3 nitrogen and oxygen atoms in total. The number of hydrogen-bond donors (Lipinski definition) is 2. The zero-order valence-electron chi connectivity index (χ0n) is 10.6. The van der Waals surface area contributed by atoms with Crippen molar-refractivity contribution in [3.05, 3.63) is 34.6 Å². The van der Waals surface area contributed by atoms with Gasteiger partial charge in [0.25, 0.3) is 0 Å². The first kappa shape index (κ1) is 14.3. The van der Waals surface area contributed by atoms with Gasteiger partial charge in [-0.2, -0.15) is 0 Å². The smallest absolute Gasteiger partial charge is 0.224 e. The van der Waals surface area contributed by atoms with Gasteiger partial charge in [-0.3, -0.25) is 4.79 Å². The monoisotopic (exact) mass is 285 g/mol. The molecule has 1 aliphatic carbocycles. The fraction of sp³-hybridized carbons (Fsp3) is 0.500. The van der Waals surface area contributed by atoms with Crippen LogP contribution < -0.4 is 5.32 Å². The van der Waals surface area contributed by atoms with Crippen LogP contribution in [-0.2, 0) is 11.2 Å². The van der Waals surface area contributed by atoms with E-state index in [9.17, 15) is 14.3 Å². The molecule has 1 fully saturated rings. The van der Waals surface area contributed by atoms with E-state index >= 15 is 0 Å². The van der Waals surface area contributed by atoms with Gasteiger partial charge in [0.1, 0.15) is 5.82 Å². The summed E-state index contributed by atoms with van der Waals surface area (Å²) in [4.78, 5) is 11.8. The van der Waals surface area contributed by atoms with Crippen molar-refractivity contribution in [2.45, 2.75) is 37.7 Å². The van der Waals surface area contributed by atoms with Crippen molar-refractivity contribution in [3.63, 3.8) is 0 Å². The number of aliphatic hydroxyl groups is 1. The average Bonchev–Trinajstić information content (AvgIpc) is 2.79. The van der Waals surface area contributed by atoms with Crippen LogP contribution in [0.3, 0.4) is 0 Å². The van der Waals surface area contributed by atoms with Crippen molar-refractivity contribution in [2.24, 2.45) is 0 Å². The molecule has 104 valence electrons. The first-order valence-electron chi connectivity index (χ1n) is 6.42. The Kier molecular flexibility index (Phi) is 4.42. The quantitative estimate of drug-likeness (QED) is 0.893. The van der Waals surface area contributed by atoms with Gasteiger partial charge in [-0.1, -0.05) is 30.5 Å². The molecule has 5 heteroatoms. The summed E-state index contributed by atoms with van der Waals surface area (Å²) in [7, 11) is 0. The van der Waals surface area contributed by atoms with Gasteiger partial charge in [-0.15, -0.1) is 0 Å². The lowest BCUT2D eigenvalue weighted by molar-refractivity contribution is -0.121. The van der Waals surface area contributed by atoms with Crippen molar-refractivity contribution < 1.29 is 14.3 Å². The Bertz CT molecular complexity index is 452. The van der Waals surface area contributed by atoms with Gasteiger partial charge in [0.15, 0.2) is 0 Å². The first-order chi connectivity index (χ1) is 9.00. The lowest BCUT2D eigenvalue weighted by atomic mass is 10.0. The summed E-state index contributed by atoms with van der Waals surface area (Å²) >= 11 is 5.86. The zero-order valence-corrected chi connectivity index (χ0v) is 11.3. The molecule has 0 saturated heterocycles. The van der Waals surface area contributed by atoms with Gasteiger partial charge in [0.05, 0.1) is 12.0 Å². The Balaban J connectivity index is 1.91. The number of hydrogen-bond acceptors (Lipinski definition) is 2. The summed E-state index contributed by atoms with van der Waals surface area (Å²) in [6.07, 6.45) is 3.25. The van der Waals surface area contributed by atoms with E-state index < -0.39 is 11.4 Å². The van der Waals surface area contributed by atoms with Crippen LogP contribution in [0.25, 0.3) is 0 Å². The molecule has 1 aliphatic rings. The van der Waals surface area contributed by atoms with Crippen molar-refractivity contribution in [2.75, 3.05) is 6.54 Å².